The van der Waals surface area contributed by atoms with Crippen molar-refractivity contribution in [2.45, 2.75) is 20.3 Å². The molecule has 0 radical (unpaired) electrons. The number of nitrogens with one attached hydrogen (secondary N) is 2. The number of nitrogen functional groups attached to an aromatic ring is 1. The molecule has 0 aromatic heterocycles. The maximum atomic E-state index is 11.6. The first-order valence-electron chi connectivity index (χ1n) is 6.99. The number of benzene rings is 1. The van der Waals surface area contributed by atoms with Gasteiger partial charge in [0.2, 0.25) is 11.8 Å². The highest BCUT2D eigenvalue weighted by molar-refractivity contribution is 5.84. The Balaban J connectivity index is 2.17. The summed E-state index contributed by atoms with van der Waals surface area (Å²) in [5.41, 5.74) is 6.25. The third kappa shape index (κ3) is 7.20. The second kappa shape index (κ2) is 8.84. The average Bonchev–Trinajstić information content (AvgIpc) is 2.45. The Morgan fingerprint density at radius 3 is 2.57 bits per heavy atom. The highest BCUT2D eigenvalue weighted by atomic mass is 16.5. The van der Waals surface area contributed by atoms with Gasteiger partial charge in [0.15, 0.2) is 0 Å². The number of hydrogen-bond donors (Lipinski definition) is 3. The molecule has 0 unspecified atom stereocenters. The predicted octanol–water partition coefficient (Wildman–Crippen LogP) is 0.926. The van der Waals surface area contributed by atoms with Crippen LogP contribution in [0.4, 0.5) is 5.69 Å². The molecule has 6 nitrogen and oxygen atoms in total. The standard InChI is InChI=1S/C15H23N3O3/c1-11(2)9-17-15(20)10-18-14(19)7-8-21-13-6-4-3-5-12(13)16/h3-6,11H,7-10,16H2,1-2H3,(H,17,20)(H,18,19). The molecule has 6 heteroatoms. The molecule has 21 heavy (non-hydrogen) atoms. The maximum absolute atomic E-state index is 11.6. The number of para-hydroxylation sites is 2. The first-order valence-corrected chi connectivity index (χ1v) is 6.99. The van der Waals surface area contributed by atoms with Gasteiger partial charge in [0.05, 0.1) is 25.3 Å². The van der Waals surface area contributed by atoms with E-state index in [1.54, 1.807) is 12.1 Å². The van der Waals surface area contributed by atoms with E-state index in [-0.39, 0.29) is 31.4 Å². The summed E-state index contributed by atoms with van der Waals surface area (Å²) in [6.45, 7) is 4.81. The number of amides is 2. The van der Waals surface area contributed by atoms with Gasteiger partial charge in [0.1, 0.15) is 5.75 Å². The maximum Gasteiger partial charge on any atom is 0.239 e. The van der Waals surface area contributed by atoms with Crippen LogP contribution in [0, 0.1) is 5.92 Å². The van der Waals surface area contributed by atoms with Gasteiger partial charge in [-0.1, -0.05) is 26.0 Å². The number of ether oxygens (including phenoxy) is 1. The van der Waals surface area contributed by atoms with Crippen LogP contribution in [0.25, 0.3) is 0 Å². The van der Waals surface area contributed by atoms with Gasteiger partial charge in [-0.3, -0.25) is 9.59 Å². The van der Waals surface area contributed by atoms with Crippen molar-refractivity contribution in [2.24, 2.45) is 5.92 Å². The minimum atomic E-state index is -0.232. The van der Waals surface area contributed by atoms with Crippen molar-refractivity contribution < 1.29 is 14.3 Å². The number of hydrogen-bond acceptors (Lipinski definition) is 4. The second-order valence-electron chi connectivity index (χ2n) is 5.11. The zero-order valence-electron chi connectivity index (χ0n) is 12.5. The van der Waals surface area contributed by atoms with Gasteiger partial charge in [-0.15, -0.1) is 0 Å². The molecule has 1 aromatic carbocycles. The van der Waals surface area contributed by atoms with Crippen molar-refractivity contribution >= 4 is 17.5 Å². The summed E-state index contributed by atoms with van der Waals surface area (Å²) in [6, 6.07) is 7.09. The first kappa shape index (κ1) is 16.8. The molecule has 0 saturated heterocycles. The van der Waals surface area contributed by atoms with Gasteiger partial charge in [0, 0.05) is 6.54 Å². The zero-order valence-corrected chi connectivity index (χ0v) is 12.5. The number of nitrogens with two attached hydrogens (primary N) is 1. The van der Waals surface area contributed by atoms with Crippen LogP contribution in [0.2, 0.25) is 0 Å². The predicted molar refractivity (Wildman–Crippen MR) is 81.8 cm³/mol. The molecule has 1 rings (SSSR count). The molecule has 0 bridgehead atoms. The highest BCUT2D eigenvalue weighted by Crippen LogP contribution is 2.19. The molecule has 0 saturated carbocycles. The molecule has 0 heterocycles. The monoisotopic (exact) mass is 293 g/mol. The van der Waals surface area contributed by atoms with E-state index in [4.69, 9.17) is 10.5 Å². The SMILES string of the molecule is CC(C)CNC(=O)CNC(=O)CCOc1ccccc1N. The lowest BCUT2D eigenvalue weighted by atomic mass is 10.2. The number of carbonyl (C=O) groups excluding carboxylic acids is 2. The minimum Gasteiger partial charge on any atom is -0.491 e. The summed E-state index contributed by atoms with van der Waals surface area (Å²) in [5.74, 6) is 0.517. The van der Waals surface area contributed by atoms with Crippen LogP contribution in [0.5, 0.6) is 5.75 Å². The Kier molecular flexibility index (Phi) is 7.08. The third-order valence-corrected chi connectivity index (χ3v) is 2.66. The van der Waals surface area contributed by atoms with Gasteiger partial charge in [-0.2, -0.15) is 0 Å². The van der Waals surface area contributed by atoms with Crippen molar-refractivity contribution in [2.75, 3.05) is 25.4 Å². The lowest BCUT2D eigenvalue weighted by Gasteiger charge is -2.10. The van der Waals surface area contributed by atoms with E-state index in [1.807, 2.05) is 26.0 Å². The number of rotatable bonds is 8. The Bertz CT molecular complexity index is 475. The largest absolute Gasteiger partial charge is 0.491 e. The van der Waals surface area contributed by atoms with E-state index in [9.17, 15) is 9.59 Å². The number of anilines is 1. The van der Waals surface area contributed by atoms with Crippen LogP contribution in [-0.4, -0.2) is 31.5 Å². The van der Waals surface area contributed by atoms with E-state index in [0.29, 0.717) is 23.9 Å². The fraction of sp³-hybridized carbons (Fsp3) is 0.467. The van der Waals surface area contributed by atoms with Gasteiger partial charge in [-0.25, -0.2) is 0 Å². The van der Waals surface area contributed by atoms with Gasteiger partial charge >= 0.3 is 0 Å². The highest BCUT2D eigenvalue weighted by Gasteiger charge is 2.06. The second-order valence-corrected chi connectivity index (χ2v) is 5.11. The molecule has 0 aliphatic heterocycles. The lowest BCUT2D eigenvalue weighted by molar-refractivity contribution is -0.126. The van der Waals surface area contributed by atoms with Crippen molar-refractivity contribution in [3.05, 3.63) is 24.3 Å². The van der Waals surface area contributed by atoms with Crippen LogP contribution in [0.3, 0.4) is 0 Å². The van der Waals surface area contributed by atoms with E-state index < -0.39 is 0 Å². The van der Waals surface area contributed by atoms with Gasteiger partial charge in [0.25, 0.3) is 0 Å². The molecule has 0 aliphatic carbocycles. The van der Waals surface area contributed by atoms with Crippen molar-refractivity contribution in [1.82, 2.24) is 10.6 Å². The Hall–Kier alpha value is -2.24. The quantitative estimate of drug-likeness (QED) is 0.621. The normalized spacial score (nSPS) is 10.2. The van der Waals surface area contributed by atoms with Gasteiger partial charge in [-0.05, 0) is 18.1 Å². The van der Waals surface area contributed by atoms with Crippen molar-refractivity contribution in [3.8, 4) is 5.75 Å². The van der Waals surface area contributed by atoms with Crippen LogP contribution in [-0.2, 0) is 9.59 Å². The molecule has 4 N–H and O–H groups in total. The topological polar surface area (TPSA) is 93.5 Å². The molecule has 0 fully saturated rings. The van der Waals surface area contributed by atoms with Crippen LogP contribution in [0.1, 0.15) is 20.3 Å². The Labute approximate surface area is 125 Å². The number of carbonyl (C=O) groups is 2. The Morgan fingerprint density at radius 2 is 1.90 bits per heavy atom. The van der Waals surface area contributed by atoms with Crippen LogP contribution < -0.4 is 21.1 Å². The van der Waals surface area contributed by atoms with E-state index >= 15 is 0 Å². The molecular formula is C15H23N3O3. The molecule has 2 amide bonds. The van der Waals surface area contributed by atoms with E-state index in [0.717, 1.165) is 0 Å². The summed E-state index contributed by atoms with van der Waals surface area (Å²) in [5, 5.41) is 5.27. The van der Waals surface area contributed by atoms with Crippen LogP contribution >= 0.6 is 0 Å². The zero-order chi connectivity index (χ0) is 15.7. The van der Waals surface area contributed by atoms with E-state index in [2.05, 4.69) is 10.6 Å². The summed E-state index contributed by atoms with van der Waals surface area (Å²) >= 11 is 0. The molecule has 0 aliphatic rings. The average molecular weight is 293 g/mol. The molecule has 0 spiro atoms. The summed E-state index contributed by atoms with van der Waals surface area (Å²) < 4.78 is 5.41. The summed E-state index contributed by atoms with van der Waals surface area (Å²) in [4.78, 5) is 23.0. The smallest absolute Gasteiger partial charge is 0.239 e. The van der Waals surface area contributed by atoms with Crippen LogP contribution in [0.15, 0.2) is 24.3 Å². The molecule has 1 aromatic rings. The van der Waals surface area contributed by atoms with E-state index in [1.165, 1.54) is 0 Å². The third-order valence-electron chi connectivity index (χ3n) is 2.66. The summed E-state index contributed by atoms with van der Waals surface area (Å²) in [7, 11) is 0. The fourth-order valence-electron chi connectivity index (χ4n) is 1.51. The van der Waals surface area contributed by atoms with Crippen molar-refractivity contribution in [1.29, 1.82) is 0 Å². The lowest BCUT2D eigenvalue weighted by Crippen LogP contribution is -2.38. The summed E-state index contributed by atoms with van der Waals surface area (Å²) in [6.07, 6.45) is 0.172. The van der Waals surface area contributed by atoms with Crippen molar-refractivity contribution in [3.63, 3.8) is 0 Å². The molecule has 0 atom stereocenters. The molecule has 116 valence electrons. The Morgan fingerprint density at radius 1 is 1.19 bits per heavy atom. The van der Waals surface area contributed by atoms with Gasteiger partial charge < -0.3 is 21.1 Å². The minimum absolute atomic E-state index is 0.0149. The molecular weight excluding hydrogens is 270 g/mol. The first-order chi connectivity index (χ1) is 9.99. The fourth-order valence-corrected chi connectivity index (χ4v) is 1.51.